The molecule has 1 amide bonds. The van der Waals surface area contributed by atoms with Crippen molar-refractivity contribution in [3.8, 4) is 5.75 Å². The second-order valence-corrected chi connectivity index (χ2v) is 8.13. The average molecular weight is 402 g/mol. The number of hydrogen-bond donors (Lipinski definition) is 0. The number of benzene rings is 1. The molecule has 0 bridgehead atoms. The molecular formula is C21H27N3O3S. The van der Waals surface area contributed by atoms with Gasteiger partial charge in [0.05, 0.1) is 30.0 Å². The number of amides is 1. The van der Waals surface area contributed by atoms with Gasteiger partial charge in [-0.05, 0) is 30.9 Å². The molecule has 4 rings (SSSR count). The lowest BCUT2D eigenvalue weighted by Crippen LogP contribution is -2.44. The van der Waals surface area contributed by atoms with Crippen LogP contribution < -0.4 is 4.74 Å². The number of aromatic nitrogens is 1. The number of carbonyl (C=O) groups excluding carboxylic acids is 1. The number of nitrogens with zero attached hydrogens (tertiary/aromatic N) is 3. The number of hydrogen-bond acceptors (Lipinski definition) is 6. The third-order valence-corrected chi connectivity index (χ3v) is 6.13. The van der Waals surface area contributed by atoms with E-state index in [0.717, 1.165) is 64.5 Å². The van der Waals surface area contributed by atoms with Crippen LogP contribution in [-0.2, 0) is 11.3 Å². The van der Waals surface area contributed by atoms with Gasteiger partial charge in [-0.1, -0.05) is 12.1 Å². The number of thiazole rings is 1. The summed E-state index contributed by atoms with van der Waals surface area (Å²) in [5.74, 6) is 1.37. The van der Waals surface area contributed by atoms with Gasteiger partial charge >= 0.3 is 0 Å². The van der Waals surface area contributed by atoms with Crippen molar-refractivity contribution in [2.24, 2.45) is 5.92 Å². The zero-order valence-corrected chi connectivity index (χ0v) is 16.9. The number of piperidine rings is 1. The van der Waals surface area contributed by atoms with Gasteiger partial charge in [0.25, 0.3) is 5.91 Å². The van der Waals surface area contributed by atoms with Crippen LogP contribution in [-0.4, -0.2) is 66.6 Å². The highest BCUT2D eigenvalue weighted by molar-refractivity contribution is 7.07. The maximum atomic E-state index is 13.1. The highest BCUT2D eigenvalue weighted by Crippen LogP contribution is 2.25. The van der Waals surface area contributed by atoms with E-state index in [0.29, 0.717) is 23.8 Å². The van der Waals surface area contributed by atoms with Gasteiger partial charge in [0.2, 0.25) is 0 Å². The molecule has 2 aliphatic rings. The smallest absolute Gasteiger partial charge is 0.257 e. The molecule has 0 spiro atoms. The quantitative estimate of drug-likeness (QED) is 0.745. The van der Waals surface area contributed by atoms with Crippen LogP contribution in [0.25, 0.3) is 0 Å². The summed E-state index contributed by atoms with van der Waals surface area (Å²) >= 11 is 1.54. The fourth-order valence-electron chi connectivity index (χ4n) is 3.87. The van der Waals surface area contributed by atoms with Crippen LogP contribution in [0.4, 0.5) is 0 Å². The van der Waals surface area contributed by atoms with Crippen LogP contribution in [0.2, 0.25) is 0 Å². The van der Waals surface area contributed by atoms with Gasteiger partial charge in [0.1, 0.15) is 12.4 Å². The fraction of sp³-hybridized carbons (Fsp3) is 0.524. The SMILES string of the molecule is O=C(c1ccccc1OCc1cscn1)N1CCC(CN2CCOCC2)CC1. The maximum Gasteiger partial charge on any atom is 0.257 e. The van der Waals surface area contributed by atoms with E-state index in [1.807, 2.05) is 34.5 Å². The molecule has 3 heterocycles. The molecule has 2 fully saturated rings. The fourth-order valence-corrected chi connectivity index (χ4v) is 4.41. The van der Waals surface area contributed by atoms with Crippen LogP contribution in [0.5, 0.6) is 5.75 Å². The van der Waals surface area contributed by atoms with Gasteiger partial charge in [-0.2, -0.15) is 0 Å². The van der Waals surface area contributed by atoms with Crippen LogP contribution in [0.3, 0.4) is 0 Å². The Balaban J connectivity index is 1.32. The summed E-state index contributed by atoms with van der Waals surface area (Å²) in [6, 6.07) is 7.53. The third kappa shape index (κ3) is 4.90. The molecule has 150 valence electrons. The second-order valence-electron chi connectivity index (χ2n) is 7.41. The molecule has 1 aromatic heterocycles. The number of ether oxygens (including phenoxy) is 2. The Bertz CT molecular complexity index is 754. The van der Waals surface area contributed by atoms with Crippen LogP contribution >= 0.6 is 11.3 Å². The van der Waals surface area contributed by atoms with E-state index >= 15 is 0 Å². The average Bonchev–Trinajstić information content (AvgIpc) is 3.27. The summed E-state index contributed by atoms with van der Waals surface area (Å²) < 4.78 is 11.3. The molecule has 0 unspecified atom stereocenters. The zero-order valence-electron chi connectivity index (χ0n) is 16.1. The lowest BCUT2D eigenvalue weighted by atomic mass is 9.95. The Morgan fingerprint density at radius 1 is 1.18 bits per heavy atom. The van der Waals surface area contributed by atoms with Crippen molar-refractivity contribution in [1.82, 2.24) is 14.8 Å². The van der Waals surface area contributed by atoms with Gasteiger partial charge in [0, 0.05) is 38.1 Å². The number of carbonyl (C=O) groups is 1. The first-order valence-electron chi connectivity index (χ1n) is 9.98. The van der Waals surface area contributed by atoms with Crippen molar-refractivity contribution in [2.45, 2.75) is 19.4 Å². The van der Waals surface area contributed by atoms with Gasteiger partial charge in [-0.15, -0.1) is 11.3 Å². The summed E-state index contributed by atoms with van der Waals surface area (Å²) in [6.07, 6.45) is 2.12. The normalized spacial score (nSPS) is 18.9. The zero-order chi connectivity index (χ0) is 19.2. The van der Waals surface area contributed by atoms with E-state index in [-0.39, 0.29) is 5.91 Å². The lowest BCUT2D eigenvalue weighted by Gasteiger charge is -2.36. The summed E-state index contributed by atoms with van der Waals surface area (Å²) in [4.78, 5) is 21.8. The van der Waals surface area contributed by atoms with Crippen molar-refractivity contribution in [3.63, 3.8) is 0 Å². The minimum atomic E-state index is 0.0682. The van der Waals surface area contributed by atoms with E-state index in [4.69, 9.17) is 9.47 Å². The highest BCUT2D eigenvalue weighted by Gasteiger charge is 2.27. The van der Waals surface area contributed by atoms with Crippen molar-refractivity contribution < 1.29 is 14.3 Å². The van der Waals surface area contributed by atoms with E-state index < -0.39 is 0 Å². The van der Waals surface area contributed by atoms with Gasteiger partial charge in [-0.3, -0.25) is 9.69 Å². The molecule has 0 radical (unpaired) electrons. The van der Waals surface area contributed by atoms with Crippen LogP contribution in [0, 0.1) is 5.92 Å². The standard InChI is InChI=1S/C21H27N3O3S/c25-21(19-3-1-2-4-20(19)27-14-18-15-28-16-22-18)24-7-5-17(6-8-24)13-23-9-11-26-12-10-23/h1-4,15-17H,5-14H2. The Hall–Kier alpha value is -1.96. The van der Waals surface area contributed by atoms with Gasteiger partial charge in [-0.25, -0.2) is 4.98 Å². The highest BCUT2D eigenvalue weighted by atomic mass is 32.1. The molecule has 6 nitrogen and oxygen atoms in total. The molecule has 2 saturated heterocycles. The minimum absolute atomic E-state index is 0.0682. The first-order chi connectivity index (χ1) is 13.8. The number of likely N-dealkylation sites (tertiary alicyclic amines) is 1. The molecule has 2 aromatic rings. The summed E-state index contributed by atoms with van der Waals surface area (Å²) in [5, 5.41) is 1.96. The molecule has 0 saturated carbocycles. The van der Waals surface area contributed by atoms with Crippen molar-refractivity contribution in [2.75, 3.05) is 45.9 Å². The third-order valence-electron chi connectivity index (χ3n) is 5.50. The van der Waals surface area contributed by atoms with Crippen LogP contribution in [0.15, 0.2) is 35.2 Å². The molecule has 0 atom stereocenters. The van der Waals surface area contributed by atoms with Crippen molar-refractivity contribution >= 4 is 17.2 Å². The Labute approximate surface area is 170 Å². The minimum Gasteiger partial charge on any atom is -0.486 e. The van der Waals surface area contributed by atoms with Crippen molar-refractivity contribution in [3.05, 3.63) is 46.4 Å². The van der Waals surface area contributed by atoms with E-state index in [1.54, 1.807) is 16.8 Å². The molecule has 2 aliphatic heterocycles. The first kappa shape index (κ1) is 19.4. The number of para-hydroxylation sites is 1. The Kier molecular flexibility index (Phi) is 6.57. The summed E-state index contributed by atoms with van der Waals surface area (Å²) in [6.45, 7) is 6.88. The first-order valence-corrected chi connectivity index (χ1v) is 10.9. The Morgan fingerprint density at radius 3 is 2.71 bits per heavy atom. The summed E-state index contributed by atoms with van der Waals surface area (Å²) in [7, 11) is 0. The molecule has 7 heteroatoms. The Morgan fingerprint density at radius 2 is 1.96 bits per heavy atom. The predicted octanol–water partition coefficient (Wildman–Crippen LogP) is 2.91. The monoisotopic (exact) mass is 401 g/mol. The second kappa shape index (κ2) is 9.49. The van der Waals surface area contributed by atoms with Crippen LogP contribution in [0.1, 0.15) is 28.9 Å². The molecule has 28 heavy (non-hydrogen) atoms. The van der Waals surface area contributed by atoms with Gasteiger partial charge in [0.15, 0.2) is 0 Å². The predicted molar refractivity (Wildman–Crippen MR) is 109 cm³/mol. The molecule has 0 N–H and O–H groups in total. The van der Waals surface area contributed by atoms with Gasteiger partial charge < -0.3 is 14.4 Å². The van der Waals surface area contributed by atoms with E-state index in [2.05, 4.69) is 9.88 Å². The van der Waals surface area contributed by atoms with E-state index in [1.165, 1.54) is 0 Å². The van der Waals surface area contributed by atoms with Crippen molar-refractivity contribution in [1.29, 1.82) is 0 Å². The lowest BCUT2D eigenvalue weighted by molar-refractivity contribution is 0.0242. The molecule has 0 aliphatic carbocycles. The number of morpholine rings is 1. The maximum absolute atomic E-state index is 13.1. The molecule has 1 aromatic carbocycles. The van der Waals surface area contributed by atoms with E-state index in [9.17, 15) is 4.79 Å². The number of rotatable bonds is 6. The topological polar surface area (TPSA) is 54.9 Å². The molecular weight excluding hydrogens is 374 g/mol. The largest absolute Gasteiger partial charge is 0.486 e. The summed E-state index contributed by atoms with van der Waals surface area (Å²) in [5.41, 5.74) is 3.32.